The molecule has 1 N–H and O–H groups in total. The van der Waals surface area contributed by atoms with Gasteiger partial charge in [-0.25, -0.2) is 9.78 Å². The fourth-order valence-electron chi connectivity index (χ4n) is 2.96. The molecular formula is C18H24N4O2S. The predicted molar refractivity (Wildman–Crippen MR) is 100 cm³/mol. The van der Waals surface area contributed by atoms with Gasteiger partial charge in [0.15, 0.2) is 0 Å². The zero-order valence-electron chi connectivity index (χ0n) is 14.8. The van der Waals surface area contributed by atoms with Crippen molar-refractivity contribution in [3.63, 3.8) is 0 Å². The van der Waals surface area contributed by atoms with E-state index in [1.54, 1.807) is 28.5 Å². The minimum absolute atomic E-state index is 0.000940. The van der Waals surface area contributed by atoms with Gasteiger partial charge >= 0.3 is 6.09 Å². The Morgan fingerprint density at radius 3 is 2.96 bits per heavy atom. The number of anilines is 2. The molecule has 6 nitrogen and oxygen atoms in total. The van der Waals surface area contributed by atoms with Gasteiger partial charge in [-0.3, -0.25) is 4.90 Å². The SMILES string of the molecule is CCCC(Nc1nccc(N2C(=O)OC[C@@H]2C(C)C)n1)c1cccs1. The first-order chi connectivity index (χ1) is 12.1. The lowest BCUT2D eigenvalue weighted by Gasteiger charge is -2.24. The molecule has 0 spiro atoms. The van der Waals surface area contributed by atoms with E-state index in [1.807, 2.05) is 0 Å². The lowest BCUT2D eigenvalue weighted by molar-refractivity contribution is 0.177. The van der Waals surface area contributed by atoms with Gasteiger partial charge in [-0.2, -0.15) is 4.98 Å². The lowest BCUT2D eigenvalue weighted by atomic mass is 10.0. The molecule has 0 aromatic carbocycles. The van der Waals surface area contributed by atoms with Gasteiger partial charge in [0.2, 0.25) is 5.95 Å². The fraction of sp³-hybridized carbons (Fsp3) is 0.500. The smallest absolute Gasteiger partial charge is 0.415 e. The van der Waals surface area contributed by atoms with Gasteiger partial charge in [0, 0.05) is 11.1 Å². The number of thiophene rings is 1. The van der Waals surface area contributed by atoms with E-state index in [-0.39, 0.29) is 24.1 Å². The topological polar surface area (TPSA) is 67.4 Å². The third-order valence-electron chi connectivity index (χ3n) is 4.33. The highest BCUT2D eigenvalue weighted by Crippen LogP contribution is 2.29. The van der Waals surface area contributed by atoms with Crippen molar-refractivity contribution in [2.75, 3.05) is 16.8 Å². The number of nitrogens with zero attached hydrogens (tertiary/aromatic N) is 3. The fourth-order valence-corrected chi connectivity index (χ4v) is 3.78. The van der Waals surface area contributed by atoms with Crippen LogP contribution in [-0.2, 0) is 4.74 Å². The van der Waals surface area contributed by atoms with E-state index < -0.39 is 0 Å². The molecule has 2 aromatic heterocycles. The van der Waals surface area contributed by atoms with Crippen molar-refractivity contribution < 1.29 is 9.53 Å². The zero-order chi connectivity index (χ0) is 17.8. The average molecular weight is 360 g/mol. The van der Waals surface area contributed by atoms with Crippen LogP contribution in [0.25, 0.3) is 0 Å². The maximum atomic E-state index is 12.1. The first kappa shape index (κ1) is 17.7. The van der Waals surface area contributed by atoms with E-state index >= 15 is 0 Å². The average Bonchev–Trinajstić information content (AvgIpc) is 3.24. The largest absolute Gasteiger partial charge is 0.447 e. The Balaban J connectivity index is 1.82. The van der Waals surface area contributed by atoms with Gasteiger partial charge in [-0.1, -0.05) is 33.3 Å². The molecule has 3 heterocycles. The van der Waals surface area contributed by atoms with Crippen molar-refractivity contribution in [3.8, 4) is 0 Å². The summed E-state index contributed by atoms with van der Waals surface area (Å²) in [5.41, 5.74) is 0. The van der Waals surface area contributed by atoms with Crippen LogP contribution in [0.4, 0.5) is 16.6 Å². The van der Waals surface area contributed by atoms with E-state index in [0.29, 0.717) is 18.4 Å². The maximum absolute atomic E-state index is 12.1. The molecule has 0 aliphatic carbocycles. The summed E-state index contributed by atoms with van der Waals surface area (Å²) in [6.45, 7) is 6.71. The number of hydrogen-bond acceptors (Lipinski definition) is 6. The first-order valence-corrected chi connectivity index (χ1v) is 9.57. The Morgan fingerprint density at radius 2 is 2.28 bits per heavy atom. The molecule has 1 amide bonds. The van der Waals surface area contributed by atoms with Crippen LogP contribution in [0.5, 0.6) is 0 Å². The third-order valence-corrected chi connectivity index (χ3v) is 5.32. The third kappa shape index (κ3) is 3.92. The summed E-state index contributed by atoms with van der Waals surface area (Å²) in [6.07, 6.45) is 3.40. The van der Waals surface area contributed by atoms with Gasteiger partial charge in [0.05, 0.1) is 12.1 Å². The second-order valence-electron chi connectivity index (χ2n) is 6.50. The Kier molecular flexibility index (Phi) is 5.53. The van der Waals surface area contributed by atoms with E-state index in [0.717, 1.165) is 12.8 Å². The van der Waals surface area contributed by atoms with Crippen molar-refractivity contribution in [1.82, 2.24) is 9.97 Å². The number of ether oxygens (including phenoxy) is 1. The molecule has 1 unspecified atom stereocenters. The van der Waals surface area contributed by atoms with Gasteiger partial charge in [0.25, 0.3) is 0 Å². The van der Waals surface area contributed by atoms with E-state index in [9.17, 15) is 4.79 Å². The molecule has 134 valence electrons. The van der Waals surface area contributed by atoms with Crippen LogP contribution in [0.15, 0.2) is 29.8 Å². The van der Waals surface area contributed by atoms with E-state index in [2.05, 4.69) is 53.6 Å². The molecule has 7 heteroatoms. The van der Waals surface area contributed by atoms with Crippen molar-refractivity contribution >= 4 is 29.2 Å². The van der Waals surface area contributed by atoms with Crippen LogP contribution in [-0.4, -0.2) is 28.7 Å². The first-order valence-electron chi connectivity index (χ1n) is 8.69. The van der Waals surface area contributed by atoms with E-state index in [4.69, 9.17) is 4.74 Å². The molecule has 1 aliphatic rings. The molecule has 0 radical (unpaired) electrons. The molecule has 0 bridgehead atoms. The number of amides is 1. The van der Waals surface area contributed by atoms with Crippen molar-refractivity contribution in [3.05, 3.63) is 34.7 Å². The summed E-state index contributed by atoms with van der Waals surface area (Å²) in [6, 6.07) is 6.10. The second-order valence-corrected chi connectivity index (χ2v) is 7.48. The minimum Gasteiger partial charge on any atom is -0.447 e. The molecule has 2 aromatic rings. The monoisotopic (exact) mass is 360 g/mol. The highest BCUT2D eigenvalue weighted by atomic mass is 32.1. The standard InChI is InChI=1S/C18H24N4O2S/c1-4-6-13(15-7-5-10-25-15)20-17-19-9-8-16(21-17)22-14(12(2)3)11-24-18(22)23/h5,7-10,12-14H,4,6,11H2,1-3H3,(H,19,20,21)/t13?,14-/m1/s1. The Bertz CT molecular complexity index is 705. The molecule has 1 saturated heterocycles. The highest BCUT2D eigenvalue weighted by Gasteiger charge is 2.37. The quantitative estimate of drug-likeness (QED) is 0.789. The highest BCUT2D eigenvalue weighted by molar-refractivity contribution is 7.10. The minimum atomic E-state index is -0.341. The number of carbonyl (C=O) groups excluding carboxylic acids is 1. The molecule has 1 aliphatic heterocycles. The summed E-state index contributed by atoms with van der Waals surface area (Å²) in [7, 11) is 0. The van der Waals surface area contributed by atoms with Crippen LogP contribution in [0.1, 0.15) is 44.5 Å². The van der Waals surface area contributed by atoms with Crippen LogP contribution in [0.2, 0.25) is 0 Å². The summed E-state index contributed by atoms with van der Waals surface area (Å²) in [5.74, 6) is 1.41. The zero-order valence-corrected chi connectivity index (χ0v) is 15.6. The van der Waals surface area contributed by atoms with Crippen LogP contribution >= 0.6 is 11.3 Å². The molecule has 1 fully saturated rings. The number of nitrogens with one attached hydrogen (secondary N) is 1. The van der Waals surface area contributed by atoms with Crippen LogP contribution in [0.3, 0.4) is 0 Å². The lowest BCUT2D eigenvalue weighted by Crippen LogP contribution is -2.37. The van der Waals surface area contributed by atoms with Gasteiger partial charge in [0.1, 0.15) is 12.4 Å². The maximum Gasteiger partial charge on any atom is 0.415 e. The van der Waals surface area contributed by atoms with Crippen molar-refractivity contribution in [2.24, 2.45) is 5.92 Å². The molecular weight excluding hydrogens is 336 g/mol. The van der Waals surface area contributed by atoms with Gasteiger partial charge in [-0.05, 0) is 29.9 Å². The normalized spacial score (nSPS) is 18.5. The summed E-state index contributed by atoms with van der Waals surface area (Å²) in [5, 5.41) is 5.49. The van der Waals surface area contributed by atoms with Gasteiger partial charge < -0.3 is 10.1 Å². The van der Waals surface area contributed by atoms with E-state index in [1.165, 1.54) is 4.88 Å². The number of cyclic esters (lactones) is 1. The second kappa shape index (κ2) is 7.82. The Morgan fingerprint density at radius 1 is 1.44 bits per heavy atom. The van der Waals surface area contributed by atoms with Crippen molar-refractivity contribution in [1.29, 1.82) is 0 Å². The molecule has 0 saturated carbocycles. The molecule has 25 heavy (non-hydrogen) atoms. The number of carbonyl (C=O) groups is 1. The summed E-state index contributed by atoms with van der Waals surface area (Å²) >= 11 is 1.72. The Labute approximate surface area is 152 Å². The molecule has 3 rings (SSSR count). The number of aromatic nitrogens is 2. The van der Waals surface area contributed by atoms with Crippen LogP contribution < -0.4 is 10.2 Å². The summed E-state index contributed by atoms with van der Waals surface area (Å²) < 4.78 is 5.22. The predicted octanol–water partition coefficient (Wildman–Crippen LogP) is 4.47. The Hall–Kier alpha value is -2.15. The molecule has 2 atom stereocenters. The van der Waals surface area contributed by atoms with Crippen LogP contribution in [0, 0.1) is 5.92 Å². The van der Waals surface area contributed by atoms with Crippen molar-refractivity contribution in [2.45, 2.75) is 45.7 Å². The van der Waals surface area contributed by atoms with Gasteiger partial charge in [-0.15, -0.1) is 11.3 Å². The summed E-state index contributed by atoms with van der Waals surface area (Å²) in [4.78, 5) is 24.0. The number of rotatable bonds is 7. The number of hydrogen-bond donors (Lipinski definition) is 1.